The average molecular weight is 303 g/mol. The van der Waals surface area contributed by atoms with Crippen molar-refractivity contribution in [2.45, 2.75) is 27.2 Å². The van der Waals surface area contributed by atoms with Gasteiger partial charge in [-0.15, -0.1) is 0 Å². The molecule has 5 nitrogen and oxygen atoms in total. The summed E-state index contributed by atoms with van der Waals surface area (Å²) < 4.78 is 10.7. The number of likely N-dealkylation sites (N-methyl/N-ethyl adjacent to an activating group) is 1. The Hall–Kier alpha value is -2.30. The zero-order valence-electron chi connectivity index (χ0n) is 13.2. The van der Waals surface area contributed by atoms with Gasteiger partial charge in [0.2, 0.25) is 0 Å². The fourth-order valence-electron chi connectivity index (χ4n) is 2.41. The molecule has 0 radical (unpaired) electrons. The van der Waals surface area contributed by atoms with Crippen molar-refractivity contribution in [1.29, 1.82) is 0 Å². The number of hydrogen-bond donors (Lipinski definition) is 0. The Labute approximate surface area is 129 Å². The smallest absolute Gasteiger partial charge is 0.336 e. The van der Waals surface area contributed by atoms with Gasteiger partial charge in [-0.05, 0) is 38.0 Å². The molecule has 0 unspecified atom stereocenters. The number of carbonyl (C=O) groups is 1. The monoisotopic (exact) mass is 303 g/mol. The second-order valence-electron chi connectivity index (χ2n) is 4.96. The molecule has 0 fully saturated rings. The normalized spacial score (nSPS) is 10.7. The first-order chi connectivity index (χ1) is 10.6. The van der Waals surface area contributed by atoms with Crippen LogP contribution in [0.5, 0.6) is 5.75 Å². The number of carbonyl (C=O) groups excluding carboxylic acids is 1. The van der Waals surface area contributed by atoms with E-state index in [-0.39, 0.29) is 18.1 Å². The summed E-state index contributed by atoms with van der Waals surface area (Å²) in [6.45, 7) is 7.14. The summed E-state index contributed by atoms with van der Waals surface area (Å²) in [7, 11) is 0. The third-order valence-electron chi connectivity index (χ3n) is 3.66. The molecule has 0 N–H and O–H groups in total. The minimum absolute atomic E-state index is 0.0229. The summed E-state index contributed by atoms with van der Waals surface area (Å²) in [5.74, 6) is 0.457. The molecule has 118 valence electrons. The standard InChI is InChI=1S/C17H21NO4/c1-4-12-9-17(20)22-15-10-13(7-8-14(12)15)21-11-16(19)18(5-2)6-3/h7-10H,4-6,11H2,1-3H3. The van der Waals surface area contributed by atoms with Gasteiger partial charge in [-0.2, -0.15) is 0 Å². The van der Waals surface area contributed by atoms with Crippen LogP contribution in [0.4, 0.5) is 0 Å². The van der Waals surface area contributed by atoms with E-state index in [4.69, 9.17) is 9.15 Å². The maximum Gasteiger partial charge on any atom is 0.336 e. The van der Waals surface area contributed by atoms with Crippen molar-refractivity contribution in [3.8, 4) is 5.75 Å². The van der Waals surface area contributed by atoms with Crippen LogP contribution in [0, 0.1) is 0 Å². The van der Waals surface area contributed by atoms with Gasteiger partial charge in [0.05, 0.1) is 0 Å². The third-order valence-corrected chi connectivity index (χ3v) is 3.66. The highest BCUT2D eigenvalue weighted by molar-refractivity contribution is 5.82. The van der Waals surface area contributed by atoms with Gasteiger partial charge in [-0.25, -0.2) is 4.79 Å². The van der Waals surface area contributed by atoms with Gasteiger partial charge in [0.25, 0.3) is 5.91 Å². The maximum atomic E-state index is 11.9. The van der Waals surface area contributed by atoms with Crippen LogP contribution in [0.3, 0.4) is 0 Å². The lowest BCUT2D eigenvalue weighted by Crippen LogP contribution is -2.34. The lowest BCUT2D eigenvalue weighted by Gasteiger charge is -2.18. The molecule has 5 heteroatoms. The van der Waals surface area contributed by atoms with Crippen LogP contribution in [0.15, 0.2) is 33.5 Å². The zero-order valence-corrected chi connectivity index (χ0v) is 13.2. The number of ether oxygens (including phenoxy) is 1. The molecule has 2 aromatic rings. The van der Waals surface area contributed by atoms with E-state index in [1.54, 1.807) is 17.0 Å². The Kier molecular flexibility index (Phi) is 5.20. The summed E-state index contributed by atoms with van der Waals surface area (Å²) in [4.78, 5) is 25.2. The number of nitrogens with zero attached hydrogens (tertiary/aromatic N) is 1. The van der Waals surface area contributed by atoms with E-state index in [2.05, 4.69) is 0 Å². The Morgan fingerprint density at radius 1 is 1.18 bits per heavy atom. The number of amides is 1. The van der Waals surface area contributed by atoms with E-state index >= 15 is 0 Å². The van der Waals surface area contributed by atoms with Crippen LogP contribution in [0.25, 0.3) is 11.0 Å². The van der Waals surface area contributed by atoms with E-state index < -0.39 is 0 Å². The number of benzene rings is 1. The van der Waals surface area contributed by atoms with Gasteiger partial charge in [-0.3, -0.25) is 4.79 Å². The molecule has 1 amide bonds. The van der Waals surface area contributed by atoms with Crippen molar-refractivity contribution >= 4 is 16.9 Å². The highest BCUT2D eigenvalue weighted by Crippen LogP contribution is 2.23. The molecule has 0 spiro atoms. The molecule has 1 heterocycles. The summed E-state index contributed by atoms with van der Waals surface area (Å²) >= 11 is 0. The largest absolute Gasteiger partial charge is 0.484 e. The van der Waals surface area contributed by atoms with Crippen molar-refractivity contribution in [2.24, 2.45) is 0 Å². The predicted molar refractivity (Wildman–Crippen MR) is 85.3 cm³/mol. The molecule has 0 aliphatic rings. The second-order valence-corrected chi connectivity index (χ2v) is 4.96. The SMILES string of the molecule is CCc1cc(=O)oc2cc(OCC(=O)N(CC)CC)ccc12. The average Bonchev–Trinajstić information content (AvgIpc) is 2.52. The molecule has 0 bridgehead atoms. The first kappa shape index (κ1) is 16.1. The number of fused-ring (bicyclic) bond motifs is 1. The summed E-state index contributed by atoms with van der Waals surface area (Å²) in [5.41, 5.74) is 1.05. The first-order valence-electron chi connectivity index (χ1n) is 7.56. The minimum atomic E-state index is -0.374. The molecule has 1 aromatic carbocycles. The Balaban J connectivity index is 2.20. The molecule has 1 aromatic heterocycles. The first-order valence-corrected chi connectivity index (χ1v) is 7.56. The highest BCUT2D eigenvalue weighted by Gasteiger charge is 2.11. The van der Waals surface area contributed by atoms with E-state index in [0.717, 1.165) is 17.4 Å². The highest BCUT2D eigenvalue weighted by atomic mass is 16.5. The molecule has 2 rings (SSSR count). The van der Waals surface area contributed by atoms with Gasteiger partial charge in [0.1, 0.15) is 11.3 Å². The van der Waals surface area contributed by atoms with E-state index in [0.29, 0.717) is 24.4 Å². The number of rotatable bonds is 6. The van der Waals surface area contributed by atoms with Crippen LogP contribution in [-0.2, 0) is 11.2 Å². The van der Waals surface area contributed by atoms with Gasteiger partial charge in [0.15, 0.2) is 6.61 Å². The lowest BCUT2D eigenvalue weighted by atomic mass is 10.1. The molecule has 0 saturated heterocycles. The van der Waals surface area contributed by atoms with Gasteiger partial charge < -0.3 is 14.1 Å². The quantitative estimate of drug-likeness (QED) is 0.770. The van der Waals surface area contributed by atoms with E-state index in [9.17, 15) is 9.59 Å². The van der Waals surface area contributed by atoms with E-state index in [1.165, 1.54) is 6.07 Å². The minimum Gasteiger partial charge on any atom is -0.484 e. The van der Waals surface area contributed by atoms with Crippen LogP contribution in [0.2, 0.25) is 0 Å². The predicted octanol–water partition coefficient (Wildman–Crippen LogP) is 2.60. The zero-order chi connectivity index (χ0) is 16.1. The van der Waals surface area contributed by atoms with Gasteiger partial charge >= 0.3 is 5.63 Å². The molecule has 0 atom stereocenters. The summed E-state index contributed by atoms with van der Waals surface area (Å²) in [5, 5.41) is 0.893. The van der Waals surface area contributed by atoms with Crippen LogP contribution in [0.1, 0.15) is 26.3 Å². The Morgan fingerprint density at radius 3 is 2.55 bits per heavy atom. The summed E-state index contributed by atoms with van der Waals surface area (Å²) in [6.07, 6.45) is 0.753. The van der Waals surface area contributed by atoms with Crippen molar-refractivity contribution in [2.75, 3.05) is 19.7 Å². The van der Waals surface area contributed by atoms with E-state index in [1.807, 2.05) is 26.8 Å². The van der Waals surface area contributed by atoms with Gasteiger partial charge in [0, 0.05) is 30.6 Å². The fourth-order valence-corrected chi connectivity index (χ4v) is 2.41. The van der Waals surface area contributed by atoms with Crippen molar-refractivity contribution in [3.05, 3.63) is 40.2 Å². The van der Waals surface area contributed by atoms with Crippen molar-refractivity contribution in [3.63, 3.8) is 0 Å². The molecule has 0 aliphatic heterocycles. The fraction of sp³-hybridized carbons (Fsp3) is 0.412. The Morgan fingerprint density at radius 2 is 1.91 bits per heavy atom. The second kappa shape index (κ2) is 7.11. The molecule has 0 aliphatic carbocycles. The molecular formula is C17H21NO4. The lowest BCUT2D eigenvalue weighted by molar-refractivity contribution is -0.132. The number of aryl methyl sites for hydroxylation is 1. The topological polar surface area (TPSA) is 59.8 Å². The van der Waals surface area contributed by atoms with Crippen molar-refractivity contribution < 1.29 is 13.9 Å². The number of hydrogen-bond acceptors (Lipinski definition) is 4. The van der Waals surface area contributed by atoms with Crippen LogP contribution >= 0.6 is 0 Å². The van der Waals surface area contributed by atoms with Gasteiger partial charge in [-0.1, -0.05) is 6.92 Å². The third kappa shape index (κ3) is 3.47. The molecular weight excluding hydrogens is 282 g/mol. The summed E-state index contributed by atoms with van der Waals surface area (Å²) in [6, 6.07) is 6.81. The Bertz CT molecular complexity index is 716. The molecule has 22 heavy (non-hydrogen) atoms. The van der Waals surface area contributed by atoms with Crippen LogP contribution in [-0.4, -0.2) is 30.5 Å². The van der Waals surface area contributed by atoms with Crippen molar-refractivity contribution in [1.82, 2.24) is 4.90 Å². The maximum absolute atomic E-state index is 11.9. The van der Waals surface area contributed by atoms with Crippen LogP contribution < -0.4 is 10.4 Å². The molecule has 0 saturated carbocycles.